The van der Waals surface area contributed by atoms with Crippen LogP contribution in [0, 0.1) is 16.7 Å². The van der Waals surface area contributed by atoms with Crippen LogP contribution in [-0.4, -0.2) is 25.7 Å². The molecule has 0 aromatic heterocycles. The van der Waals surface area contributed by atoms with Gasteiger partial charge in [0.05, 0.1) is 19.3 Å². The summed E-state index contributed by atoms with van der Waals surface area (Å²) in [4.78, 5) is 11.4. The zero-order valence-electron chi connectivity index (χ0n) is 7.80. The maximum atomic E-state index is 11.4. The Morgan fingerprint density at radius 3 is 2.77 bits per heavy atom. The van der Waals surface area contributed by atoms with Crippen LogP contribution in [0.5, 0.6) is 0 Å². The van der Waals surface area contributed by atoms with Crippen LogP contribution < -0.4 is 5.32 Å². The molecular formula is C9H14N2O2. The number of nitrogens with zero attached hydrogens (tertiary/aromatic N) is 1. The van der Waals surface area contributed by atoms with Gasteiger partial charge in [-0.1, -0.05) is 13.3 Å². The van der Waals surface area contributed by atoms with E-state index in [0.29, 0.717) is 6.54 Å². The summed E-state index contributed by atoms with van der Waals surface area (Å²) in [5.74, 6) is -0.185. The summed E-state index contributed by atoms with van der Waals surface area (Å²) in [7, 11) is 0. The molecule has 4 nitrogen and oxygen atoms in total. The van der Waals surface area contributed by atoms with E-state index in [0.717, 1.165) is 12.8 Å². The molecule has 0 bridgehead atoms. The van der Waals surface area contributed by atoms with E-state index in [1.54, 1.807) is 0 Å². The van der Waals surface area contributed by atoms with E-state index >= 15 is 0 Å². The molecule has 1 rings (SSSR count). The van der Waals surface area contributed by atoms with E-state index < -0.39 is 5.41 Å². The van der Waals surface area contributed by atoms with Gasteiger partial charge in [-0.15, -0.1) is 0 Å². The van der Waals surface area contributed by atoms with Crippen LogP contribution in [0.3, 0.4) is 0 Å². The van der Waals surface area contributed by atoms with Crippen molar-refractivity contribution in [3.05, 3.63) is 0 Å². The predicted octanol–water partition coefficient (Wildman–Crippen LogP) is 0.443. The third-order valence-electron chi connectivity index (χ3n) is 2.16. The summed E-state index contributed by atoms with van der Waals surface area (Å²) < 4.78 is 4.87. The van der Waals surface area contributed by atoms with Gasteiger partial charge in [0, 0.05) is 6.54 Å². The molecule has 0 unspecified atom stereocenters. The first kappa shape index (κ1) is 10.0. The van der Waals surface area contributed by atoms with Gasteiger partial charge in [-0.05, 0) is 6.42 Å². The topological polar surface area (TPSA) is 62.1 Å². The lowest BCUT2D eigenvalue weighted by Crippen LogP contribution is -2.53. The molecule has 0 saturated carbocycles. The summed E-state index contributed by atoms with van der Waals surface area (Å²) in [5, 5.41) is 11.5. The molecule has 13 heavy (non-hydrogen) atoms. The van der Waals surface area contributed by atoms with Crippen molar-refractivity contribution >= 4 is 5.91 Å². The number of ether oxygens (including phenoxy) is 1. The molecule has 0 aromatic carbocycles. The maximum Gasteiger partial charge on any atom is 0.245 e. The monoisotopic (exact) mass is 182 g/mol. The number of amides is 1. The molecule has 0 radical (unpaired) electrons. The van der Waals surface area contributed by atoms with Crippen LogP contribution in [0.25, 0.3) is 0 Å². The molecule has 1 fully saturated rings. The molecule has 0 spiro atoms. The summed E-state index contributed by atoms with van der Waals surface area (Å²) in [6.07, 6.45) is 1.99. The Bertz CT molecular complexity index is 228. The normalized spacial score (nSPS) is 18.5. The second-order valence-corrected chi connectivity index (χ2v) is 3.30. The Labute approximate surface area is 77.9 Å². The highest BCUT2D eigenvalue weighted by Gasteiger charge is 2.46. The van der Waals surface area contributed by atoms with Gasteiger partial charge in [-0.25, -0.2) is 0 Å². The zero-order chi connectivity index (χ0) is 9.73. The first-order valence-corrected chi connectivity index (χ1v) is 4.52. The first-order valence-electron chi connectivity index (χ1n) is 4.52. The Kier molecular flexibility index (Phi) is 3.26. The molecule has 1 aliphatic rings. The lowest BCUT2D eigenvalue weighted by atomic mass is 9.87. The standard InChI is InChI=1S/C9H14N2O2/c1-2-3-4-11-8(12)9(5-10)6-13-7-9/h2-4,6-7H2,1H3,(H,11,12). The van der Waals surface area contributed by atoms with Crippen LogP contribution in [0.4, 0.5) is 0 Å². The van der Waals surface area contributed by atoms with E-state index in [9.17, 15) is 4.79 Å². The van der Waals surface area contributed by atoms with Gasteiger partial charge in [0.2, 0.25) is 5.91 Å². The van der Waals surface area contributed by atoms with Crippen molar-refractivity contribution in [2.75, 3.05) is 19.8 Å². The van der Waals surface area contributed by atoms with E-state index in [1.807, 2.05) is 6.07 Å². The van der Waals surface area contributed by atoms with Crippen LogP contribution in [-0.2, 0) is 9.53 Å². The van der Waals surface area contributed by atoms with Gasteiger partial charge in [-0.2, -0.15) is 5.26 Å². The first-order chi connectivity index (χ1) is 6.25. The van der Waals surface area contributed by atoms with Crippen molar-refractivity contribution in [1.29, 1.82) is 5.26 Å². The quantitative estimate of drug-likeness (QED) is 0.642. The Balaban J connectivity index is 2.34. The number of carbonyl (C=O) groups excluding carboxylic acids is 1. The van der Waals surface area contributed by atoms with Gasteiger partial charge < -0.3 is 10.1 Å². The minimum Gasteiger partial charge on any atom is -0.377 e. The number of hydrogen-bond acceptors (Lipinski definition) is 3. The van der Waals surface area contributed by atoms with E-state index in [2.05, 4.69) is 12.2 Å². The van der Waals surface area contributed by atoms with Crippen LogP contribution in [0.1, 0.15) is 19.8 Å². The molecular weight excluding hydrogens is 168 g/mol. The number of nitriles is 1. The predicted molar refractivity (Wildman–Crippen MR) is 46.8 cm³/mol. The highest BCUT2D eigenvalue weighted by atomic mass is 16.5. The second-order valence-electron chi connectivity index (χ2n) is 3.30. The lowest BCUT2D eigenvalue weighted by molar-refractivity contribution is -0.150. The minimum atomic E-state index is -0.895. The fourth-order valence-corrected chi connectivity index (χ4v) is 1.10. The van der Waals surface area contributed by atoms with Crippen LogP contribution in [0.15, 0.2) is 0 Å². The lowest BCUT2D eigenvalue weighted by Gasteiger charge is -2.33. The third-order valence-corrected chi connectivity index (χ3v) is 2.16. The fraction of sp³-hybridized carbons (Fsp3) is 0.778. The van der Waals surface area contributed by atoms with Crippen molar-refractivity contribution in [2.24, 2.45) is 5.41 Å². The summed E-state index contributed by atoms with van der Waals surface area (Å²) in [5.41, 5.74) is -0.895. The highest BCUT2D eigenvalue weighted by Crippen LogP contribution is 2.26. The van der Waals surface area contributed by atoms with Crippen molar-refractivity contribution in [2.45, 2.75) is 19.8 Å². The molecule has 1 saturated heterocycles. The van der Waals surface area contributed by atoms with Crippen molar-refractivity contribution in [1.82, 2.24) is 5.32 Å². The smallest absolute Gasteiger partial charge is 0.245 e. The molecule has 1 aliphatic heterocycles. The highest BCUT2D eigenvalue weighted by molar-refractivity contribution is 5.86. The van der Waals surface area contributed by atoms with E-state index in [4.69, 9.17) is 10.00 Å². The number of unbranched alkanes of at least 4 members (excludes halogenated alkanes) is 1. The fourth-order valence-electron chi connectivity index (χ4n) is 1.10. The molecule has 1 heterocycles. The number of hydrogen-bond donors (Lipinski definition) is 1. The van der Waals surface area contributed by atoms with E-state index in [1.165, 1.54) is 0 Å². The summed E-state index contributed by atoms with van der Waals surface area (Å²) in [6.45, 7) is 3.18. The average molecular weight is 182 g/mol. The molecule has 72 valence electrons. The summed E-state index contributed by atoms with van der Waals surface area (Å²) >= 11 is 0. The van der Waals surface area contributed by atoms with Gasteiger partial charge in [0.1, 0.15) is 0 Å². The van der Waals surface area contributed by atoms with Crippen molar-refractivity contribution < 1.29 is 9.53 Å². The molecule has 0 atom stereocenters. The number of nitrogens with one attached hydrogen (secondary N) is 1. The Morgan fingerprint density at radius 1 is 1.69 bits per heavy atom. The minimum absolute atomic E-state index is 0.185. The zero-order valence-corrected chi connectivity index (χ0v) is 7.80. The van der Waals surface area contributed by atoms with Crippen LogP contribution >= 0.6 is 0 Å². The number of rotatable bonds is 4. The average Bonchev–Trinajstić information content (AvgIpc) is 2.04. The van der Waals surface area contributed by atoms with Gasteiger partial charge in [-0.3, -0.25) is 4.79 Å². The van der Waals surface area contributed by atoms with Crippen molar-refractivity contribution in [3.8, 4) is 6.07 Å². The SMILES string of the molecule is CCCCNC(=O)C1(C#N)COC1. The Hall–Kier alpha value is -1.08. The molecule has 4 heteroatoms. The molecule has 0 aromatic rings. The largest absolute Gasteiger partial charge is 0.377 e. The maximum absolute atomic E-state index is 11.4. The van der Waals surface area contributed by atoms with Gasteiger partial charge in [0.15, 0.2) is 5.41 Å². The molecule has 1 N–H and O–H groups in total. The third kappa shape index (κ3) is 1.99. The van der Waals surface area contributed by atoms with Gasteiger partial charge >= 0.3 is 0 Å². The Morgan fingerprint density at radius 2 is 2.38 bits per heavy atom. The van der Waals surface area contributed by atoms with Gasteiger partial charge in [0.25, 0.3) is 0 Å². The molecule has 1 amide bonds. The van der Waals surface area contributed by atoms with Crippen LogP contribution in [0.2, 0.25) is 0 Å². The molecule has 0 aliphatic carbocycles. The van der Waals surface area contributed by atoms with Crippen molar-refractivity contribution in [3.63, 3.8) is 0 Å². The second kappa shape index (κ2) is 4.24. The van der Waals surface area contributed by atoms with E-state index in [-0.39, 0.29) is 19.1 Å². The summed E-state index contributed by atoms with van der Waals surface area (Å²) in [6, 6.07) is 2.00. The number of carbonyl (C=O) groups is 1.